The summed E-state index contributed by atoms with van der Waals surface area (Å²) in [5.41, 5.74) is 0. The van der Waals surface area contributed by atoms with Gasteiger partial charge in [-0.3, -0.25) is 0 Å². The Morgan fingerprint density at radius 2 is 0.800 bits per heavy atom. The molecule has 0 aromatic carbocycles. The Labute approximate surface area is 107 Å². The number of hydrogen-bond acceptors (Lipinski definition) is 0. The van der Waals surface area contributed by atoms with E-state index in [2.05, 4.69) is 0 Å². The summed E-state index contributed by atoms with van der Waals surface area (Å²) < 4.78 is 0. The van der Waals surface area contributed by atoms with Crippen molar-refractivity contribution in [3.63, 3.8) is 0 Å². The molecule has 0 aliphatic carbocycles. The van der Waals surface area contributed by atoms with Crippen LogP contribution in [0, 0.1) is 39.9 Å². The van der Waals surface area contributed by atoms with Crippen LogP contribution in [0.25, 0.3) is 0 Å². The molecule has 0 N–H and O–H groups in total. The molecule has 0 atom stereocenters. The van der Waals surface area contributed by atoms with Crippen LogP contribution >= 0.6 is 0 Å². The van der Waals surface area contributed by atoms with Crippen molar-refractivity contribution in [2.45, 2.75) is 0 Å². The first kappa shape index (κ1) is 41.2. The molecule has 0 unspecified atom stereocenters. The first-order valence-corrected chi connectivity index (χ1v) is 0. The zero-order chi connectivity index (χ0) is 0. The maximum Gasteiger partial charge on any atom is 4.00 e. The summed E-state index contributed by atoms with van der Waals surface area (Å²) in [6.07, 6.45) is 0. The van der Waals surface area contributed by atoms with Crippen molar-refractivity contribution in [1.29, 1.82) is 0 Å². The van der Waals surface area contributed by atoms with Gasteiger partial charge in [-0.1, -0.05) is 0 Å². The molecule has 5 heteroatoms. The predicted octanol–water partition coefficient (Wildman–Crippen LogP) is -0.243. The summed E-state index contributed by atoms with van der Waals surface area (Å²) in [4.78, 5) is 0. The maximum atomic E-state index is 0. The molecule has 5 heavy (non-hydrogen) atoms. The Morgan fingerprint density at radius 3 is 0.800 bits per heavy atom. The van der Waals surface area contributed by atoms with E-state index in [9.17, 15) is 0 Å². The summed E-state index contributed by atoms with van der Waals surface area (Å²) in [7, 11) is 0. The van der Waals surface area contributed by atoms with Crippen molar-refractivity contribution < 1.29 is 110 Å². The smallest absolute Gasteiger partial charge is 2.00 e. The fraction of sp³-hybridized carbons (Fsp3) is 0. The van der Waals surface area contributed by atoms with Gasteiger partial charge in [0.15, 0.2) is 0 Å². The molecule has 0 saturated carbocycles. The molecule has 0 aliphatic rings. The van der Waals surface area contributed by atoms with Crippen LogP contribution < -0.4 is 0 Å². The zero-order valence-electron chi connectivity index (χ0n) is 2.39. The van der Waals surface area contributed by atoms with Crippen LogP contribution in [-0.2, 0) is 69.9 Å². The average molecular weight is 444 g/mol. The molecule has 0 amide bonds. The van der Waals surface area contributed by atoms with E-state index in [0.29, 0.717) is 0 Å². The predicted molar refractivity (Wildman–Crippen MR) is 1.37 cm³/mol. The van der Waals surface area contributed by atoms with Gasteiger partial charge in [-0.25, -0.2) is 0 Å². The second-order valence-corrected chi connectivity index (χ2v) is 0. The molecule has 0 aromatic heterocycles. The molecule has 0 spiro atoms. The summed E-state index contributed by atoms with van der Waals surface area (Å²) in [5, 5.41) is 0. The van der Waals surface area contributed by atoms with Gasteiger partial charge < -0.3 is 11.0 Å². The minimum Gasteiger partial charge on any atom is -2.00 e. The van der Waals surface area contributed by atoms with Crippen LogP contribution in [0.3, 0.4) is 0 Å². The second-order valence-electron chi connectivity index (χ2n) is 0. The third-order valence-electron chi connectivity index (χ3n) is 0. The zero-order valence-corrected chi connectivity index (χ0v) is 11.8. The van der Waals surface area contributed by atoms with Crippen molar-refractivity contribution in [1.82, 2.24) is 0 Å². The summed E-state index contributed by atoms with van der Waals surface area (Å²) in [6, 6.07) is 0. The second kappa shape index (κ2) is 26.9. The van der Waals surface area contributed by atoms with Gasteiger partial charge in [0.2, 0.25) is 0 Å². The summed E-state index contributed by atoms with van der Waals surface area (Å²) in [5.74, 6) is 0. The van der Waals surface area contributed by atoms with E-state index in [-0.39, 0.29) is 110 Å². The van der Waals surface area contributed by atoms with Crippen molar-refractivity contribution in [2.75, 3.05) is 0 Å². The Balaban J connectivity index is 0. The normalized spacial score (nSPS) is 0. The standard InChI is InChI=1S/2O.Th.Y.Zr/q2*-2;+4;+3;+4. The van der Waals surface area contributed by atoms with Gasteiger partial charge in [-0.05, 0) is 0 Å². The van der Waals surface area contributed by atoms with Gasteiger partial charge in [-0.15, -0.1) is 0 Å². The Kier molecular flexibility index (Phi) is 222. The molecular formula is O2ThYZr+7. The van der Waals surface area contributed by atoms with Gasteiger partial charge in [0.1, 0.15) is 0 Å². The molecule has 16 valence electrons. The Bertz CT molecular complexity index is 9.61. The van der Waals surface area contributed by atoms with E-state index in [1.165, 1.54) is 0 Å². The van der Waals surface area contributed by atoms with E-state index in [1.807, 2.05) is 0 Å². The SMILES string of the molecule is [O-2].[O-2].[Th+4].[Y+3].[Zr+4]. The van der Waals surface area contributed by atoms with Gasteiger partial charge >= 0.3 is 98.9 Å². The topological polar surface area (TPSA) is 57.0 Å². The molecule has 0 heterocycles. The Morgan fingerprint density at radius 1 is 0.800 bits per heavy atom. The van der Waals surface area contributed by atoms with E-state index in [0.717, 1.165) is 0 Å². The first-order chi connectivity index (χ1) is 0. The molecule has 0 bridgehead atoms. The van der Waals surface area contributed by atoms with Gasteiger partial charge in [-0.2, -0.15) is 0 Å². The van der Waals surface area contributed by atoms with Crippen molar-refractivity contribution in [3.05, 3.63) is 0 Å². The first-order valence-electron chi connectivity index (χ1n) is 0. The van der Waals surface area contributed by atoms with Crippen LogP contribution in [0.1, 0.15) is 0 Å². The number of hydrogen-bond donors (Lipinski definition) is 0. The van der Waals surface area contributed by atoms with E-state index < -0.39 is 0 Å². The van der Waals surface area contributed by atoms with Crippen LogP contribution in [0.2, 0.25) is 0 Å². The number of rotatable bonds is 0. The fourth-order valence-electron chi connectivity index (χ4n) is 0. The van der Waals surface area contributed by atoms with Crippen molar-refractivity contribution in [3.8, 4) is 0 Å². The average Bonchev–Trinajstić information content (AvgIpc) is 0. The van der Waals surface area contributed by atoms with Crippen molar-refractivity contribution in [2.24, 2.45) is 0 Å². The maximum absolute atomic E-state index is 0. The van der Waals surface area contributed by atoms with E-state index >= 15 is 0 Å². The van der Waals surface area contributed by atoms with Crippen LogP contribution in [0.15, 0.2) is 0 Å². The molecule has 0 fully saturated rings. The fourth-order valence-corrected chi connectivity index (χ4v) is 0. The van der Waals surface area contributed by atoms with E-state index in [1.54, 1.807) is 0 Å². The van der Waals surface area contributed by atoms with Crippen molar-refractivity contribution >= 4 is 0 Å². The van der Waals surface area contributed by atoms with Gasteiger partial charge in [0.05, 0.1) is 0 Å². The molecule has 2 nitrogen and oxygen atoms in total. The minimum atomic E-state index is 0. The summed E-state index contributed by atoms with van der Waals surface area (Å²) >= 11 is 0. The molecule has 0 radical (unpaired) electrons. The Hall–Kier alpha value is 3.23. The van der Waals surface area contributed by atoms with E-state index in [4.69, 9.17) is 0 Å². The molecule has 0 saturated heterocycles. The monoisotopic (exact) mass is 443 g/mol. The van der Waals surface area contributed by atoms with Crippen LogP contribution in [-0.4, -0.2) is 0 Å². The van der Waals surface area contributed by atoms with Crippen LogP contribution in [0.5, 0.6) is 0 Å². The summed E-state index contributed by atoms with van der Waals surface area (Å²) in [6.45, 7) is 0. The molecular weight excluding hydrogens is 444 g/mol. The quantitative estimate of drug-likeness (QED) is 0.496. The third-order valence-corrected chi connectivity index (χ3v) is 0. The third kappa shape index (κ3) is 19.0. The van der Waals surface area contributed by atoms with Crippen LogP contribution in [0.4, 0.5) is 0 Å². The molecule has 0 aromatic rings. The molecule has 0 aliphatic heterocycles. The van der Waals surface area contributed by atoms with Gasteiger partial charge in [0, 0.05) is 0 Å². The minimum absolute atomic E-state index is 0. The molecule has 0 rings (SSSR count). The van der Waals surface area contributed by atoms with Gasteiger partial charge in [0.25, 0.3) is 0 Å². The largest absolute Gasteiger partial charge is 4.00 e.